The highest BCUT2D eigenvalue weighted by Crippen LogP contribution is 2.29. The number of rotatable bonds is 1. The second-order valence-electron chi connectivity index (χ2n) is 3.54. The third-order valence-corrected chi connectivity index (χ3v) is 3.11. The number of aromatic nitrogens is 1. The van der Waals surface area contributed by atoms with Crippen LogP contribution in [-0.4, -0.2) is 17.9 Å². The van der Waals surface area contributed by atoms with E-state index in [9.17, 15) is 9.18 Å². The van der Waals surface area contributed by atoms with Crippen LogP contribution >= 0.6 is 15.9 Å². The van der Waals surface area contributed by atoms with E-state index in [1.54, 1.807) is 19.1 Å². The van der Waals surface area contributed by atoms with E-state index in [1.807, 2.05) is 0 Å². The second kappa shape index (κ2) is 3.90. The van der Waals surface area contributed by atoms with Crippen molar-refractivity contribution in [3.8, 4) is 0 Å². The van der Waals surface area contributed by atoms with Crippen LogP contribution in [0.2, 0.25) is 0 Å². The molecule has 0 bridgehead atoms. The molecule has 0 spiro atoms. The Bertz CT molecular complexity index is 577. The Balaban J connectivity index is 2.74. The van der Waals surface area contributed by atoms with Crippen molar-refractivity contribution in [3.05, 3.63) is 33.7 Å². The first-order chi connectivity index (χ1) is 7.54. The molecule has 3 nitrogen and oxygen atoms in total. The van der Waals surface area contributed by atoms with Gasteiger partial charge in [-0.05, 0) is 24.6 Å². The highest BCUT2D eigenvalue weighted by atomic mass is 79.9. The van der Waals surface area contributed by atoms with Gasteiger partial charge in [-0.2, -0.15) is 0 Å². The van der Waals surface area contributed by atoms with Gasteiger partial charge in [0.15, 0.2) is 0 Å². The van der Waals surface area contributed by atoms with E-state index in [0.717, 1.165) is 4.47 Å². The molecule has 0 aliphatic rings. The van der Waals surface area contributed by atoms with Crippen LogP contribution in [0.5, 0.6) is 0 Å². The molecule has 0 unspecified atom stereocenters. The van der Waals surface area contributed by atoms with Gasteiger partial charge in [0.05, 0.1) is 5.52 Å². The summed E-state index contributed by atoms with van der Waals surface area (Å²) in [4.78, 5) is 14.2. The summed E-state index contributed by atoms with van der Waals surface area (Å²) in [5.41, 5.74) is 1.23. The Labute approximate surface area is 100 Å². The fourth-order valence-electron chi connectivity index (χ4n) is 1.60. The molecular weight excluding hydrogens is 275 g/mol. The van der Waals surface area contributed by atoms with Gasteiger partial charge in [0.1, 0.15) is 11.5 Å². The number of hydrogen-bond acceptors (Lipinski definition) is 1. The Kier molecular flexibility index (Phi) is 2.71. The molecule has 84 valence electrons. The van der Waals surface area contributed by atoms with Gasteiger partial charge < -0.3 is 10.3 Å². The molecule has 0 fully saturated rings. The largest absolute Gasteiger partial charge is 0.354 e. The third-order valence-electron chi connectivity index (χ3n) is 2.46. The van der Waals surface area contributed by atoms with E-state index >= 15 is 0 Å². The molecule has 0 aliphatic carbocycles. The van der Waals surface area contributed by atoms with Crippen molar-refractivity contribution in [1.29, 1.82) is 0 Å². The molecular formula is C11H10BrFN2O. The number of carbonyl (C=O) groups excluding carboxylic acids is 1. The van der Waals surface area contributed by atoms with Gasteiger partial charge in [-0.25, -0.2) is 4.39 Å². The molecule has 1 amide bonds. The highest BCUT2D eigenvalue weighted by Gasteiger charge is 2.14. The maximum atomic E-state index is 13.8. The van der Waals surface area contributed by atoms with E-state index in [-0.39, 0.29) is 11.7 Å². The Hall–Kier alpha value is -1.36. The number of amides is 1. The number of H-pyrrole nitrogens is 1. The number of benzene rings is 1. The molecule has 1 heterocycles. The van der Waals surface area contributed by atoms with E-state index in [4.69, 9.17) is 0 Å². The first-order valence-corrected chi connectivity index (χ1v) is 5.53. The topological polar surface area (TPSA) is 44.9 Å². The van der Waals surface area contributed by atoms with E-state index < -0.39 is 0 Å². The molecule has 1 aromatic carbocycles. The minimum atomic E-state index is -0.326. The minimum Gasteiger partial charge on any atom is -0.354 e. The molecule has 0 atom stereocenters. The van der Waals surface area contributed by atoms with Crippen LogP contribution in [0.3, 0.4) is 0 Å². The van der Waals surface area contributed by atoms with Gasteiger partial charge in [-0.15, -0.1) is 0 Å². The summed E-state index contributed by atoms with van der Waals surface area (Å²) in [7, 11) is 1.53. The number of halogens is 2. The van der Waals surface area contributed by atoms with E-state index in [1.165, 1.54) is 7.05 Å². The van der Waals surface area contributed by atoms with Gasteiger partial charge in [-0.1, -0.05) is 15.9 Å². The third kappa shape index (κ3) is 1.61. The Morgan fingerprint density at radius 1 is 1.50 bits per heavy atom. The number of aryl methyl sites for hydroxylation is 1. The van der Waals surface area contributed by atoms with Crippen molar-refractivity contribution < 1.29 is 9.18 Å². The van der Waals surface area contributed by atoms with Gasteiger partial charge in [0.25, 0.3) is 5.91 Å². The fourth-order valence-corrected chi connectivity index (χ4v) is 2.26. The Morgan fingerprint density at radius 2 is 2.19 bits per heavy atom. The molecule has 2 rings (SSSR count). The predicted molar refractivity (Wildman–Crippen MR) is 64.1 cm³/mol. The van der Waals surface area contributed by atoms with Gasteiger partial charge in [0, 0.05) is 16.9 Å². The highest BCUT2D eigenvalue weighted by molar-refractivity contribution is 9.10. The molecule has 5 heteroatoms. The summed E-state index contributed by atoms with van der Waals surface area (Å²) in [6.07, 6.45) is 0. The SMILES string of the molecule is CNC(=O)c1cc2c(Br)cc(C)c(F)c2[nH]1. The standard InChI is InChI=1S/C11H10BrFN2O/c1-5-3-7(12)6-4-8(11(16)14-2)15-10(6)9(5)13/h3-4,15H,1-2H3,(H,14,16). The number of hydrogen-bond donors (Lipinski definition) is 2. The summed E-state index contributed by atoms with van der Waals surface area (Å²) in [5.74, 6) is -0.589. The van der Waals surface area contributed by atoms with Crippen LogP contribution in [-0.2, 0) is 0 Å². The average molecular weight is 285 g/mol. The number of carbonyl (C=O) groups is 1. The lowest BCUT2D eigenvalue weighted by Gasteiger charge is -1.99. The minimum absolute atomic E-state index is 0.264. The molecule has 16 heavy (non-hydrogen) atoms. The summed E-state index contributed by atoms with van der Waals surface area (Å²) in [5, 5.41) is 3.16. The summed E-state index contributed by atoms with van der Waals surface area (Å²) >= 11 is 3.35. The first kappa shape index (κ1) is 11.1. The van der Waals surface area contributed by atoms with Crippen molar-refractivity contribution in [2.45, 2.75) is 6.92 Å². The quantitative estimate of drug-likeness (QED) is 0.831. The van der Waals surface area contributed by atoms with Gasteiger partial charge >= 0.3 is 0 Å². The number of nitrogens with one attached hydrogen (secondary N) is 2. The fraction of sp³-hybridized carbons (Fsp3) is 0.182. The maximum absolute atomic E-state index is 13.8. The molecule has 2 N–H and O–H groups in total. The van der Waals surface area contributed by atoms with Crippen molar-refractivity contribution in [3.63, 3.8) is 0 Å². The van der Waals surface area contributed by atoms with Crippen LogP contribution < -0.4 is 5.32 Å². The number of aromatic amines is 1. The molecule has 0 saturated carbocycles. The van der Waals surface area contributed by atoms with Crippen molar-refractivity contribution in [2.75, 3.05) is 7.05 Å². The van der Waals surface area contributed by atoms with Crippen LogP contribution in [0.4, 0.5) is 4.39 Å². The van der Waals surface area contributed by atoms with Crippen molar-refractivity contribution >= 4 is 32.7 Å². The van der Waals surface area contributed by atoms with Crippen molar-refractivity contribution in [1.82, 2.24) is 10.3 Å². The zero-order valence-electron chi connectivity index (χ0n) is 8.82. The smallest absolute Gasteiger partial charge is 0.267 e. The maximum Gasteiger partial charge on any atom is 0.267 e. The Morgan fingerprint density at radius 3 is 2.81 bits per heavy atom. The predicted octanol–water partition coefficient (Wildman–Crippen LogP) is 2.74. The molecule has 1 aromatic heterocycles. The molecule has 0 aliphatic heterocycles. The lowest BCUT2D eigenvalue weighted by molar-refractivity contribution is 0.0959. The lowest BCUT2D eigenvalue weighted by Crippen LogP contribution is -2.17. The normalized spacial score (nSPS) is 10.8. The van der Waals surface area contributed by atoms with E-state index in [2.05, 4.69) is 26.2 Å². The van der Waals surface area contributed by atoms with Crippen molar-refractivity contribution in [2.24, 2.45) is 0 Å². The molecule has 0 radical (unpaired) electrons. The van der Waals surface area contributed by atoms with E-state index in [0.29, 0.717) is 22.2 Å². The van der Waals surface area contributed by atoms with Crippen LogP contribution in [0.15, 0.2) is 16.6 Å². The van der Waals surface area contributed by atoms with Crippen LogP contribution in [0.25, 0.3) is 10.9 Å². The molecule has 2 aromatic rings. The van der Waals surface area contributed by atoms with Gasteiger partial charge in [0.2, 0.25) is 0 Å². The number of fused-ring (bicyclic) bond motifs is 1. The lowest BCUT2D eigenvalue weighted by atomic mass is 10.2. The average Bonchev–Trinajstić information content (AvgIpc) is 2.70. The zero-order valence-corrected chi connectivity index (χ0v) is 10.4. The van der Waals surface area contributed by atoms with Gasteiger partial charge in [-0.3, -0.25) is 4.79 Å². The zero-order chi connectivity index (χ0) is 11.9. The second-order valence-corrected chi connectivity index (χ2v) is 4.39. The summed E-state index contributed by atoms with van der Waals surface area (Å²) < 4.78 is 14.5. The first-order valence-electron chi connectivity index (χ1n) is 4.74. The van der Waals surface area contributed by atoms with Crippen LogP contribution in [0.1, 0.15) is 16.1 Å². The monoisotopic (exact) mass is 284 g/mol. The van der Waals surface area contributed by atoms with Crippen LogP contribution in [0, 0.1) is 12.7 Å². The summed E-state index contributed by atoms with van der Waals surface area (Å²) in [6, 6.07) is 3.32. The summed E-state index contributed by atoms with van der Waals surface area (Å²) in [6.45, 7) is 1.68. The molecule has 0 saturated heterocycles.